The molecule has 0 heterocycles. The van der Waals surface area contributed by atoms with Crippen molar-refractivity contribution >= 4 is 93.0 Å². The van der Waals surface area contributed by atoms with Crippen LogP contribution >= 0.6 is 0 Å². The first-order valence-corrected chi connectivity index (χ1v) is 30.5. The van der Waals surface area contributed by atoms with Crippen molar-refractivity contribution in [3.63, 3.8) is 0 Å². The molecule has 10 aromatic rings. The molecule has 326 valence electrons. The van der Waals surface area contributed by atoms with Crippen molar-refractivity contribution in [2.45, 2.75) is 67.0 Å². The van der Waals surface area contributed by atoms with E-state index in [1.54, 1.807) is 0 Å². The van der Waals surface area contributed by atoms with Gasteiger partial charge < -0.3 is 9.80 Å². The number of rotatable bonds is 10. The summed E-state index contributed by atoms with van der Waals surface area (Å²) in [5.41, 5.74) is 17.1. The first-order chi connectivity index (χ1) is 31.7. The van der Waals surface area contributed by atoms with Crippen molar-refractivity contribution in [2.24, 2.45) is 0 Å². The molecule has 0 saturated heterocycles. The predicted octanol–water partition coefficient (Wildman–Crippen LogP) is 17.2. The highest BCUT2D eigenvalue weighted by Crippen LogP contribution is 2.50. The standard InChI is InChI=1S/C62H60N2Si2/c1-41-21-17-19-27-53(41)63(55-37-47(31-29-43(55)3)45-23-13-11-14-24-45)57-39-59(65(5,6)7)51-36-34-50-58(40-60(66(8,9)10)52-35-33-49(57)61(51)62(50)52)64(54-28-20-18-22-42(54)2)56-38-48(32-30-44(56)4)46-25-15-12-16-26-46/h11-40H,1-10H3. The maximum Gasteiger partial charge on any atom is 0.0785 e. The van der Waals surface area contributed by atoms with E-state index in [2.05, 4.69) is 259 Å². The zero-order valence-electron chi connectivity index (χ0n) is 40.2. The van der Waals surface area contributed by atoms with Gasteiger partial charge in [0.1, 0.15) is 0 Å². The lowest BCUT2D eigenvalue weighted by atomic mass is 9.91. The highest BCUT2D eigenvalue weighted by molar-refractivity contribution is 6.91. The number of hydrogen-bond donors (Lipinski definition) is 0. The van der Waals surface area contributed by atoms with Gasteiger partial charge in [-0.05, 0) is 130 Å². The maximum atomic E-state index is 2.59. The topological polar surface area (TPSA) is 6.48 Å². The lowest BCUT2D eigenvalue weighted by Crippen LogP contribution is -2.39. The molecular weight excluding hydrogens is 829 g/mol. The highest BCUT2D eigenvalue weighted by Gasteiger charge is 2.31. The minimum atomic E-state index is -1.97. The van der Waals surface area contributed by atoms with Gasteiger partial charge in [-0.1, -0.05) is 195 Å². The summed E-state index contributed by atoms with van der Waals surface area (Å²) in [6, 6.07) is 68.5. The monoisotopic (exact) mass is 888 g/mol. The molecular formula is C62H60N2Si2. The molecule has 0 atom stereocenters. The molecule has 66 heavy (non-hydrogen) atoms. The van der Waals surface area contributed by atoms with Gasteiger partial charge in [0, 0.05) is 33.5 Å². The summed E-state index contributed by atoms with van der Waals surface area (Å²) in [6.07, 6.45) is 0. The normalized spacial score (nSPS) is 12.1. The van der Waals surface area contributed by atoms with Gasteiger partial charge >= 0.3 is 0 Å². The van der Waals surface area contributed by atoms with Crippen LogP contribution < -0.4 is 20.2 Å². The lowest BCUT2D eigenvalue weighted by molar-refractivity contribution is 1.24. The first kappa shape index (κ1) is 43.2. The van der Waals surface area contributed by atoms with Crippen LogP contribution in [0, 0.1) is 27.7 Å². The molecule has 0 spiro atoms. The maximum absolute atomic E-state index is 2.59. The van der Waals surface area contributed by atoms with Gasteiger partial charge in [0.2, 0.25) is 0 Å². The SMILES string of the molecule is Cc1ccccc1N(c1cc(-c2ccccc2)ccc1C)c1cc([Si](C)(C)C)c2ccc3c(N(c4ccccc4C)c4cc(-c5ccccc5)ccc4C)cc([Si](C)(C)C)c4ccc1c2c34. The predicted molar refractivity (Wildman–Crippen MR) is 295 cm³/mol. The third-order valence-electron chi connectivity index (χ3n) is 13.8. The fraction of sp³-hybridized carbons (Fsp3) is 0.161. The molecule has 0 saturated carbocycles. The van der Waals surface area contributed by atoms with E-state index in [4.69, 9.17) is 0 Å². The number of anilines is 6. The second-order valence-electron chi connectivity index (χ2n) is 20.4. The third kappa shape index (κ3) is 7.52. The number of para-hydroxylation sites is 2. The van der Waals surface area contributed by atoms with E-state index in [1.807, 2.05) is 0 Å². The van der Waals surface area contributed by atoms with Crippen molar-refractivity contribution in [2.75, 3.05) is 9.80 Å². The van der Waals surface area contributed by atoms with Crippen LogP contribution in [0.3, 0.4) is 0 Å². The molecule has 10 aromatic carbocycles. The summed E-state index contributed by atoms with van der Waals surface area (Å²) in [6.45, 7) is 24.2. The molecule has 0 radical (unpaired) electrons. The van der Waals surface area contributed by atoms with Crippen LogP contribution in [0.1, 0.15) is 22.3 Å². The minimum Gasteiger partial charge on any atom is -0.309 e. The molecule has 4 heteroatoms. The molecule has 0 fully saturated rings. The van der Waals surface area contributed by atoms with Gasteiger partial charge in [-0.25, -0.2) is 0 Å². The fourth-order valence-electron chi connectivity index (χ4n) is 10.3. The molecule has 0 aliphatic rings. The molecule has 10 rings (SSSR count). The van der Waals surface area contributed by atoms with Gasteiger partial charge in [-0.15, -0.1) is 0 Å². The van der Waals surface area contributed by atoms with E-state index in [0.29, 0.717) is 0 Å². The van der Waals surface area contributed by atoms with E-state index in [-0.39, 0.29) is 0 Å². The highest BCUT2D eigenvalue weighted by atomic mass is 28.3. The molecule has 2 nitrogen and oxygen atoms in total. The van der Waals surface area contributed by atoms with Crippen molar-refractivity contribution in [3.8, 4) is 22.3 Å². The van der Waals surface area contributed by atoms with Gasteiger partial charge in [0.15, 0.2) is 0 Å². The van der Waals surface area contributed by atoms with Crippen molar-refractivity contribution in [1.29, 1.82) is 0 Å². The fourth-order valence-corrected chi connectivity index (χ4v) is 13.5. The quantitative estimate of drug-likeness (QED) is 0.0997. The summed E-state index contributed by atoms with van der Waals surface area (Å²) >= 11 is 0. The zero-order valence-corrected chi connectivity index (χ0v) is 42.2. The minimum absolute atomic E-state index is 1.20. The molecule has 0 unspecified atom stereocenters. The summed E-state index contributed by atoms with van der Waals surface area (Å²) in [5.74, 6) is 0. The van der Waals surface area contributed by atoms with Crippen molar-refractivity contribution in [3.05, 3.63) is 204 Å². The van der Waals surface area contributed by atoms with Gasteiger partial charge in [-0.2, -0.15) is 0 Å². The van der Waals surface area contributed by atoms with Crippen LogP contribution in [0.2, 0.25) is 39.3 Å². The molecule has 0 aliphatic carbocycles. The second kappa shape index (κ2) is 16.6. The van der Waals surface area contributed by atoms with E-state index in [0.717, 1.165) is 0 Å². The molecule has 0 aromatic heterocycles. The smallest absolute Gasteiger partial charge is 0.0785 e. The van der Waals surface area contributed by atoms with Crippen LogP contribution in [0.25, 0.3) is 54.6 Å². The van der Waals surface area contributed by atoms with Crippen LogP contribution in [0.15, 0.2) is 182 Å². The van der Waals surface area contributed by atoms with Gasteiger partial charge in [0.05, 0.1) is 27.5 Å². The Balaban J connectivity index is 1.35. The van der Waals surface area contributed by atoms with Gasteiger partial charge in [-0.3, -0.25) is 0 Å². The number of aryl methyl sites for hydroxylation is 4. The Morgan fingerprint density at radius 3 is 0.970 bits per heavy atom. The summed E-state index contributed by atoms with van der Waals surface area (Å²) in [4.78, 5) is 5.18. The summed E-state index contributed by atoms with van der Waals surface area (Å²) < 4.78 is 0. The van der Waals surface area contributed by atoms with Crippen LogP contribution in [-0.4, -0.2) is 16.1 Å². The number of benzene rings is 10. The Labute approximate surface area is 394 Å². The Hall–Kier alpha value is -6.73. The Morgan fingerprint density at radius 1 is 0.273 bits per heavy atom. The van der Waals surface area contributed by atoms with E-state index in [1.165, 1.54) is 121 Å². The Bertz CT molecular complexity index is 3200. The van der Waals surface area contributed by atoms with Crippen LogP contribution in [0.4, 0.5) is 34.1 Å². The summed E-state index contributed by atoms with van der Waals surface area (Å²) in [5, 5.41) is 11.0. The molecule has 0 N–H and O–H groups in total. The Kier molecular flexibility index (Phi) is 10.9. The molecule has 0 amide bonds. The lowest BCUT2D eigenvalue weighted by Gasteiger charge is -2.35. The Morgan fingerprint density at radius 2 is 0.606 bits per heavy atom. The third-order valence-corrected chi connectivity index (χ3v) is 17.8. The summed E-state index contributed by atoms with van der Waals surface area (Å²) in [7, 11) is -3.94. The average molecular weight is 889 g/mol. The van der Waals surface area contributed by atoms with Crippen molar-refractivity contribution < 1.29 is 0 Å². The number of nitrogens with zero attached hydrogens (tertiary/aromatic N) is 2. The first-order valence-electron chi connectivity index (χ1n) is 23.5. The van der Waals surface area contributed by atoms with Crippen LogP contribution in [0.5, 0.6) is 0 Å². The molecule has 0 bridgehead atoms. The van der Waals surface area contributed by atoms with E-state index < -0.39 is 16.1 Å². The zero-order chi connectivity index (χ0) is 46.1. The van der Waals surface area contributed by atoms with E-state index in [9.17, 15) is 0 Å². The number of hydrogen-bond acceptors (Lipinski definition) is 2. The molecule has 0 aliphatic heterocycles. The van der Waals surface area contributed by atoms with Crippen molar-refractivity contribution in [1.82, 2.24) is 0 Å². The second-order valence-corrected chi connectivity index (χ2v) is 30.5. The average Bonchev–Trinajstić information content (AvgIpc) is 3.31. The van der Waals surface area contributed by atoms with Crippen LogP contribution in [-0.2, 0) is 0 Å². The van der Waals surface area contributed by atoms with Gasteiger partial charge in [0.25, 0.3) is 0 Å². The largest absolute Gasteiger partial charge is 0.309 e. The van der Waals surface area contributed by atoms with E-state index >= 15 is 0 Å².